The van der Waals surface area contributed by atoms with Crippen molar-refractivity contribution in [3.05, 3.63) is 89.0 Å². The summed E-state index contributed by atoms with van der Waals surface area (Å²) in [5.74, 6) is 0.104. The summed E-state index contributed by atoms with van der Waals surface area (Å²) >= 11 is 1.81. The maximum Gasteiger partial charge on any atom is 0.311 e. The molecule has 5 rings (SSSR count). The predicted octanol–water partition coefficient (Wildman–Crippen LogP) is 4.55. The zero-order valence-corrected chi connectivity index (χ0v) is 21.6. The van der Waals surface area contributed by atoms with Crippen LogP contribution in [0, 0.1) is 0 Å². The average molecular weight is 506 g/mol. The topological polar surface area (TPSA) is 73.3 Å². The fraction of sp³-hybridized carbons (Fsp3) is 0.357. The number of ether oxygens (including phenoxy) is 1. The molecule has 0 bridgehead atoms. The van der Waals surface area contributed by atoms with E-state index >= 15 is 0 Å². The second-order valence-electron chi connectivity index (χ2n) is 9.45. The summed E-state index contributed by atoms with van der Waals surface area (Å²) in [5.41, 5.74) is 3.73. The maximum absolute atomic E-state index is 13.7. The lowest BCUT2D eigenvalue weighted by molar-refractivity contribution is -0.155. The number of hydrazine groups is 1. The minimum atomic E-state index is -1.18. The van der Waals surface area contributed by atoms with E-state index in [-0.39, 0.29) is 35.9 Å². The van der Waals surface area contributed by atoms with Crippen molar-refractivity contribution in [2.24, 2.45) is 0 Å². The van der Waals surface area contributed by atoms with E-state index in [1.165, 1.54) is 10.5 Å². The summed E-state index contributed by atoms with van der Waals surface area (Å²) in [6.07, 6.45) is 2.92. The van der Waals surface area contributed by atoms with Crippen LogP contribution in [-0.2, 0) is 20.1 Å². The first-order valence-electron chi connectivity index (χ1n) is 12.4. The highest BCUT2D eigenvalue weighted by atomic mass is 32.2. The normalized spacial score (nSPS) is 21.8. The van der Waals surface area contributed by atoms with Gasteiger partial charge in [-0.15, -0.1) is 11.8 Å². The fourth-order valence-corrected chi connectivity index (χ4v) is 6.02. The molecular formula is C28H31N3O4S. The van der Waals surface area contributed by atoms with E-state index in [9.17, 15) is 14.7 Å². The third kappa shape index (κ3) is 4.34. The average Bonchev–Trinajstić information content (AvgIpc) is 3.03. The lowest BCUT2D eigenvalue weighted by atomic mass is 9.94. The molecule has 3 heterocycles. The third-order valence-electron chi connectivity index (χ3n) is 6.72. The molecule has 36 heavy (non-hydrogen) atoms. The first-order valence-corrected chi connectivity index (χ1v) is 13.4. The zero-order valence-electron chi connectivity index (χ0n) is 20.8. The molecule has 2 aromatic rings. The smallest absolute Gasteiger partial charge is 0.311 e. The molecule has 0 spiro atoms. The Morgan fingerprint density at radius 2 is 1.86 bits per heavy atom. The molecule has 1 saturated heterocycles. The minimum Gasteiger partial charge on any atom is -0.425 e. The zero-order chi connectivity index (χ0) is 25.4. The molecule has 2 atom stereocenters. The highest BCUT2D eigenvalue weighted by Crippen LogP contribution is 2.45. The van der Waals surface area contributed by atoms with Gasteiger partial charge in [-0.2, -0.15) is 5.01 Å². The number of esters is 1. The Kier molecular flexibility index (Phi) is 6.92. The molecule has 0 saturated carbocycles. The van der Waals surface area contributed by atoms with Gasteiger partial charge in [0.1, 0.15) is 6.10 Å². The van der Waals surface area contributed by atoms with E-state index in [1.807, 2.05) is 39.0 Å². The molecule has 3 aliphatic heterocycles. The van der Waals surface area contributed by atoms with Crippen LogP contribution in [0.1, 0.15) is 56.3 Å². The molecule has 1 amide bonds. The largest absolute Gasteiger partial charge is 0.425 e. The molecule has 2 unspecified atom stereocenters. The summed E-state index contributed by atoms with van der Waals surface area (Å²) in [5, 5.41) is 14.7. The number of benzene rings is 2. The van der Waals surface area contributed by atoms with Crippen molar-refractivity contribution >= 4 is 23.6 Å². The number of carbonyl (C=O) groups is 2. The van der Waals surface area contributed by atoms with Crippen LogP contribution in [0.4, 0.5) is 0 Å². The van der Waals surface area contributed by atoms with E-state index in [2.05, 4.69) is 35.3 Å². The van der Waals surface area contributed by atoms with Crippen molar-refractivity contribution in [2.75, 3.05) is 6.67 Å². The molecule has 188 valence electrons. The van der Waals surface area contributed by atoms with Crippen LogP contribution >= 0.6 is 11.8 Å². The first-order chi connectivity index (χ1) is 17.4. The number of aliphatic hydroxyl groups is 1. The second kappa shape index (κ2) is 10.1. The van der Waals surface area contributed by atoms with Gasteiger partial charge in [-0.05, 0) is 49.1 Å². The summed E-state index contributed by atoms with van der Waals surface area (Å²) in [4.78, 5) is 29.1. The highest BCUT2D eigenvalue weighted by Gasteiger charge is 2.45. The summed E-state index contributed by atoms with van der Waals surface area (Å²) < 4.78 is 5.63. The van der Waals surface area contributed by atoms with Gasteiger partial charge in [0.25, 0.3) is 5.91 Å². The van der Waals surface area contributed by atoms with Crippen LogP contribution in [0.2, 0.25) is 0 Å². The molecule has 3 aliphatic rings. The maximum atomic E-state index is 13.7. The molecule has 0 aliphatic carbocycles. The fourth-order valence-electron chi connectivity index (χ4n) is 4.92. The van der Waals surface area contributed by atoms with Gasteiger partial charge >= 0.3 is 5.97 Å². The summed E-state index contributed by atoms with van der Waals surface area (Å²) in [7, 11) is 0. The summed E-state index contributed by atoms with van der Waals surface area (Å²) in [6, 6.07) is 16.5. The number of nitrogens with zero attached hydrogens (tertiary/aromatic N) is 3. The standard InChI is InChI=1S/C28H31N3O4S/c1-4-9-24(33)35-27-22(32)14-15-30-26(27)28(34)29(18(2)3)17-31(30)25-20-11-6-5-10-19(20)16-36-23-13-8-7-12-21(23)25/h5-8,10-15,18,22,25,32H,4,9,16-17H2,1-3H3. The first kappa shape index (κ1) is 24.6. The van der Waals surface area contributed by atoms with Crippen molar-refractivity contribution in [3.63, 3.8) is 0 Å². The van der Waals surface area contributed by atoms with Gasteiger partial charge in [-0.3, -0.25) is 14.6 Å². The van der Waals surface area contributed by atoms with Gasteiger partial charge in [0.05, 0.1) is 12.7 Å². The lowest BCUT2D eigenvalue weighted by Crippen LogP contribution is -2.60. The molecule has 0 aromatic heterocycles. The van der Waals surface area contributed by atoms with Crippen molar-refractivity contribution in [1.82, 2.24) is 14.9 Å². The van der Waals surface area contributed by atoms with Gasteiger partial charge in [0, 0.05) is 29.3 Å². The Morgan fingerprint density at radius 3 is 2.61 bits per heavy atom. The number of amides is 1. The molecule has 7 nitrogen and oxygen atoms in total. The predicted molar refractivity (Wildman–Crippen MR) is 138 cm³/mol. The minimum absolute atomic E-state index is 0.0131. The number of rotatable bonds is 5. The van der Waals surface area contributed by atoms with Gasteiger partial charge in [0.2, 0.25) is 0 Å². The molecular weight excluding hydrogens is 474 g/mol. The van der Waals surface area contributed by atoms with Crippen molar-refractivity contribution in [2.45, 2.75) is 62.4 Å². The van der Waals surface area contributed by atoms with E-state index < -0.39 is 12.1 Å². The van der Waals surface area contributed by atoms with Crippen molar-refractivity contribution in [3.8, 4) is 0 Å². The van der Waals surface area contributed by atoms with Gasteiger partial charge in [0.15, 0.2) is 11.5 Å². The SMILES string of the molecule is CCCC(=O)OC1=C2C(=O)N(C(C)C)CN(C3c4ccccc4CSc4ccccc43)N2C=CC1O. The van der Waals surface area contributed by atoms with Crippen LogP contribution in [-0.4, -0.2) is 50.7 Å². The monoisotopic (exact) mass is 505 g/mol. The Bertz CT molecular complexity index is 1190. The quantitative estimate of drug-likeness (QED) is 0.598. The molecule has 1 fully saturated rings. The molecule has 0 radical (unpaired) electrons. The Labute approximate surface area is 216 Å². The number of thioether (sulfide) groups is 1. The highest BCUT2D eigenvalue weighted by molar-refractivity contribution is 7.98. The van der Waals surface area contributed by atoms with E-state index in [0.717, 1.165) is 16.9 Å². The van der Waals surface area contributed by atoms with E-state index in [4.69, 9.17) is 4.74 Å². The number of carbonyl (C=O) groups excluding carboxylic acids is 2. The Hall–Kier alpha value is -3.07. The van der Waals surface area contributed by atoms with Gasteiger partial charge < -0.3 is 14.7 Å². The van der Waals surface area contributed by atoms with Crippen LogP contribution in [0.5, 0.6) is 0 Å². The summed E-state index contributed by atoms with van der Waals surface area (Å²) in [6.45, 7) is 6.16. The van der Waals surface area contributed by atoms with Crippen molar-refractivity contribution in [1.29, 1.82) is 0 Å². The number of hydrogen-bond donors (Lipinski definition) is 1. The van der Waals surface area contributed by atoms with Crippen molar-refractivity contribution < 1.29 is 19.4 Å². The molecule has 8 heteroatoms. The van der Waals surface area contributed by atoms with Crippen LogP contribution in [0.3, 0.4) is 0 Å². The van der Waals surface area contributed by atoms with Gasteiger partial charge in [-0.25, -0.2) is 0 Å². The van der Waals surface area contributed by atoms with Crippen LogP contribution in [0.25, 0.3) is 0 Å². The lowest BCUT2D eigenvalue weighted by Gasteiger charge is -2.50. The number of fused-ring (bicyclic) bond motifs is 3. The molecule has 1 N–H and O–H groups in total. The number of hydrogen-bond acceptors (Lipinski definition) is 7. The van der Waals surface area contributed by atoms with Crippen LogP contribution in [0.15, 0.2) is 77.2 Å². The Morgan fingerprint density at radius 1 is 1.14 bits per heavy atom. The van der Waals surface area contributed by atoms with Crippen LogP contribution < -0.4 is 0 Å². The third-order valence-corrected chi connectivity index (χ3v) is 7.86. The number of aliphatic hydroxyl groups excluding tert-OH is 1. The Balaban J connectivity index is 1.69. The van der Waals surface area contributed by atoms with E-state index in [1.54, 1.807) is 33.9 Å². The van der Waals surface area contributed by atoms with E-state index in [0.29, 0.717) is 13.1 Å². The molecule has 2 aromatic carbocycles. The van der Waals surface area contributed by atoms with Gasteiger partial charge in [-0.1, -0.05) is 49.4 Å². The second-order valence-corrected chi connectivity index (χ2v) is 10.5.